The lowest BCUT2D eigenvalue weighted by Gasteiger charge is -2.39. The predicted octanol–water partition coefficient (Wildman–Crippen LogP) is 3.76. The number of nitrogens with one attached hydrogen (secondary N) is 1. The fourth-order valence-corrected chi connectivity index (χ4v) is 3.13. The molecule has 3 heteroatoms. The summed E-state index contributed by atoms with van der Waals surface area (Å²) in [6.07, 6.45) is 5.25. The van der Waals surface area contributed by atoms with Crippen molar-refractivity contribution in [3.63, 3.8) is 0 Å². The fraction of sp³-hybridized carbons (Fsp3) is 0.647. The quantitative estimate of drug-likeness (QED) is 0.889. The van der Waals surface area contributed by atoms with Crippen LogP contribution in [0.25, 0.3) is 0 Å². The van der Waals surface area contributed by atoms with Crippen molar-refractivity contribution >= 4 is 0 Å². The highest BCUT2D eigenvalue weighted by Crippen LogP contribution is 2.36. The van der Waals surface area contributed by atoms with Gasteiger partial charge in [-0.2, -0.15) is 0 Å². The Morgan fingerprint density at radius 3 is 2.65 bits per heavy atom. The minimum absolute atomic E-state index is 0.379. The summed E-state index contributed by atoms with van der Waals surface area (Å²) in [5.41, 5.74) is 1.54. The molecule has 0 spiro atoms. The van der Waals surface area contributed by atoms with Gasteiger partial charge in [-0.3, -0.25) is 0 Å². The standard InChI is InChI=1S/C17H27NO2/c1-17(2)10-6-5-7-16(17)18-12-13-11-14(19-3)8-9-15(13)20-4/h8-9,11,16,18H,5-7,10,12H2,1-4H3. The van der Waals surface area contributed by atoms with Crippen LogP contribution in [0.5, 0.6) is 11.5 Å². The summed E-state index contributed by atoms with van der Waals surface area (Å²) in [7, 11) is 3.42. The molecular formula is C17H27NO2. The Hall–Kier alpha value is -1.22. The van der Waals surface area contributed by atoms with Crippen molar-refractivity contribution < 1.29 is 9.47 Å². The summed E-state index contributed by atoms with van der Waals surface area (Å²) in [6, 6.07) is 6.54. The first-order valence-corrected chi connectivity index (χ1v) is 7.51. The maximum absolute atomic E-state index is 5.44. The van der Waals surface area contributed by atoms with E-state index in [9.17, 15) is 0 Å². The molecule has 1 aliphatic carbocycles. The number of methoxy groups -OCH3 is 2. The lowest BCUT2D eigenvalue weighted by molar-refractivity contribution is 0.166. The van der Waals surface area contributed by atoms with Gasteiger partial charge < -0.3 is 14.8 Å². The van der Waals surface area contributed by atoms with E-state index in [1.165, 1.54) is 25.7 Å². The zero-order chi connectivity index (χ0) is 14.6. The van der Waals surface area contributed by atoms with Gasteiger partial charge in [0.25, 0.3) is 0 Å². The Morgan fingerprint density at radius 1 is 1.20 bits per heavy atom. The van der Waals surface area contributed by atoms with E-state index in [4.69, 9.17) is 9.47 Å². The topological polar surface area (TPSA) is 30.5 Å². The summed E-state index contributed by atoms with van der Waals surface area (Å²) in [6.45, 7) is 5.56. The van der Waals surface area contributed by atoms with E-state index in [1.54, 1.807) is 14.2 Å². The third kappa shape index (κ3) is 3.45. The molecule has 1 aliphatic rings. The lowest BCUT2D eigenvalue weighted by Crippen LogP contribution is -2.43. The zero-order valence-electron chi connectivity index (χ0n) is 13.2. The number of ether oxygens (including phenoxy) is 2. The smallest absolute Gasteiger partial charge is 0.123 e. The lowest BCUT2D eigenvalue weighted by atomic mass is 9.73. The second-order valence-electron chi connectivity index (χ2n) is 6.35. The van der Waals surface area contributed by atoms with E-state index in [1.807, 2.05) is 12.1 Å². The van der Waals surface area contributed by atoms with Gasteiger partial charge in [-0.15, -0.1) is 0 Å². The first-order chi connectivity index (χ1) is 9.56. The maximum Gasteiger partial charge on any atom is 0.123 e. The van der Waals surface area contributed by atoms with Crippen LogP contribution in [0.15, 0.2) is 18.2 Å². The van der Waals surface area contributed by atoms with E-state index in [0.717, 1.165) is 23.6 Å². The first-order valence-electron chi connectivity index (χ1n) is 7.51. The van der Waals surface area contributed by atoms with E-state index in [0.29, 0.717) is 11.5 Å². The van der Waals surface area contributed by atoms with E-state index < -0.39 is 0 Å². The van der Waals surface area contributed by atoms with Gasteiger partial charge in [-0.1, -0.05) is 26.7 Å². The largest absolute Gasteiger partial charge is 0.497 e. The number of benzene rings is 1. The SMILES string of the molecule is COc1ccc(OC)c(CNC2CCCCC2(C)C)c1. The first kappa shape index (κ1) is 15.2. The molecule has 0 bridgehead atoms. The van der Waals surface area contributed by atoms with Crippen molar-refractivity contribution in [2.24, 2.45) is 5.41 Å². The summed E-state index contributed by atoms with van der Waals surface area (Å²) >= 11 is 0. The molecular weight excluding hydrogens is 250 g/mol. The molecule has 1 unspecified atom stereocenters. The second-order valence-corrected chi connectivity index (χ2v) is 6.35. The van der Waals surface area contributed by atoms with Crippen LogP contribution in [0.2, 0.25) is 0 Å². The van der Waals surface area contributed by atoms with Crippen LogP contribution >= 0.6 is 0 Å². The van der Waals surface area contributed by atoms with Gasteiger partial charge in [-0.05, 0) is 36.5 Å². The van der Waals surface area contributed by atoms with Gasteiger partial charge in [0.1, 0.15) is 11.5 Å². The van der Waals surface area contributed by atoms with Crippen LogP contribution in [-0.4, -0.2) is 20.3 Å². The molecule has 20 heavy (non-hydrogen) atoms. The summed E-state index contributed by atoms with van der Waals surface area (Å²) in [5.74, 6) is 1.80. The Kier molecular flexibility index (Phi) is 4.92. The highest BCUT2D eigenvalue weighted by atomic mass is 16.5. The Balaban J connectivity index is 2.06. The van der Waals surface area contributed by atoms with Crippen molar-refractivity contribution in [2.75, 3.05) is 14.2 Å². The molecule has 1 aromatic carbocycles. The normalized spacial score (nSPS) is 21.5. The molecule has 3 nitrogen and oxygen atoms in total. The van der Waals surface area contributed by atoms with Gasteiger partial charge in [0.2, 0.25) is 0 Å². The number of hydrogen-bond donors (Lipinski definition) is 1. The molecule has 2 rings (SSSR count). The van der Waals surface area contributed by atoms with Crippen LogP contribution in [-0.2, 0) is 6.54 Å². The number of hydrogen-bond acceptors (Lipinski definition) is 3. The van der Waals surface area contributed by atoms with Gasteiger partial charge >= 0.3 is 0 Å². The molecule has 0 radical (unpaired) electrons. The minimum atomic E-state index is 0.379. The van der Waals surface area contributed by atoms with Crippen LogP contribution in [0, 0.1) is 5.41 Å². The molecule has 0 aliphatic heterocycles. The highest BCUT2D eigenvalue weighted by molar-refractivity contribution is 5.40. The van der Waals surface area contributed by atoms with E-state index in [-0.39, 0.29) is 0 Å². The highest BCUT2D eigenvalue weighted by Gasteiger charge is 2.31. The Labute approximate surface area is 122 Å². The van der Waals surface area contributed by atoms with E-state index in [2.05, 4.69) is 25.2 Å². The van der Waals surface area contributed by atoms with Gasteiger partial charge in [0.05, 0.1) is 14.2 Å². The van der Waals surface area contributed by atoms with Gasteiger partial charge in [0, 0.05) is 18.2 Å². The average molecular weight is 277 g/mol. The molecule has 0 saturated heterocycles. The van der Waals surface area contributed by atoms with Crippen LogP contribution < -0.4 is 14.8 Å². The van der Waals surface area contributed by atoms with Crippen molar-refractivity contribution in [3.05, 3.63) is 23.8 Å². The summed E-state index contributed by atoms with van der Waals surface area (Å²) in [4.78, 5) is 0. The molecule has 1 fully saturated rings. The van der Waals surface area contributed by atoms with Crippen LogP contribution in [0.1, 0.15) is 45.1 Å². The molecule has 1 aromatic rings. The van der Waals surface area contributed by atoms with Crippen molar-refractivity contribution in [1.29, 1.82) is 0 Å². The van der Waals surface area contributed by atoms with Crippen molar-refractivity contribution in [3.8, 4) is 11.5 Å². The molecule has 0 heterocycles. The van der Waals surface area contributed by atoms with Crippen molar-refractivity contribution in [2.45, 2.75) is 52.1 Å². The fourth-order valence-electron chi connectivity index (χ4n) is 3.13. The van der Waals surface area contributed by atoms with Crippen LogP contribution in [0.4, 0.5) is 0 Å². The molecule has 1 N–H and O–H groups in total. The molecule has 0 aromatic heterocycles. The Bertz CT molecular complexity index is 443. The molecule has 112 valence electrons. The molecule has 1 saturated carbocycles. The summed E-state index contributed by atoms with van der Waals surface area (Å²) in [5, 5.41) is 3.72. The third-order valence-corrected chi connectivity index (χ3v) is 4.53. The monoisotopic (exact) mass is 277 g/mol. The van der Waals surface area contributed by atoms with Gasteiger partial charge in [-0.25, -0.2) is 0 Å². The predicted molar refractivity (Wildman–Crippen MR) is 82.4 cm³/mol. The minimum Gasteiger partial charge on any atom is -0.497 e. The van der Waals surface area contributed by atoms with Gasteiger partial charge in [0.15, 0.2) is 0 Å². The number of rotatable bonds is 5. The van der Waals surface area contributed by atoms with E-state index >= 15 is 0 Å². The summed E-state index contributed by atoms with van der Waals surface area (Å²) < 4.78 is 10.7. The van der Waals surface area contributed by atoms with Crippen molar-refractivity contribution in [1.82, 2.24) is 5.32 Å². The third-order valence-electron chi connectivity index (χ3n) is 4.53. The molecule has 0 amide bonds. The average Bonchev–Trinajstić information content (AvgIpc) is 2.45. The maximum atomic E-state index is 5.44. The Morgan fingerprint density at radius 2 is 2.00 bits per heavy atom. The second kappa shape index (κ2) is 6.49. The molecule has 1 atom stereocenters. The zero-order valence-corrected chi connectivity index (χ0v) is 13.2. The van der Waals surface area contributed by atoms with Crippen LogP contribution in [0.3, 0.4) is 0 Å².